The smallest absolute Gasteiger partial charge is 0.0816 e. The molecule has 2 rings (SSSR count). The van der Waals surface area contributed by atoms with Gasteiger partial charge in [0, 0.05) is 18.8 Å². The largest absolute Gasteiger partial charge is 0.288 e. The Labute approximate surface area is 86.6 Å². The van der Waals surface area contributed by atoms with Gasteiger partial charge in [-0.15, -0.1) is 11.3 Å². The summed E-state index contributed by atoms with van der Waals surface area (Å²) in [6.45, 7) is 3.75. The second kappa shape index (κ2) is 3.72. The zero-order chi connectivity index (χ0) is 9.97. The third kappa shape index (κ3) is 1.36. The number of aliphatic imine (C=N–C) groups is 1. The molecule has 70 valence electrons. The van der Waals surface area contributed by atoms with Gasteiger partial charge in [-0.05, 0) is 23.6 Å². The number of thiophene rings is 1. The minimum Gasteiger partial charge on any atom is -0.288 e. The molecule has 14 heavy (non-hydrogen) atoms. The van der Waals surface area contributed by atoms with Crippen molar-refractivity contribution in [2.45, 2.75) is 0 Å². The van der Waals surface area contributed by atoms with Crippen molar-refractivity contribution in [1.82, 2.24) is 4.98 Å². The summed E-state index contributed by atoms with van der Waals surface area (Å²) in [7, 11) is 1.77. The van der Waals surface area contributed by atoms with Gasteiger partial charge in [-0.2, -0.15) is 0 Å². The molecule has 0 amide bonds. The van der Waals surface area contributed by atoms with Gasteiger partial charge in [0.25, 0.3) is 0 Å². The number of nitrogens with zero attached hydrogens (tertiary/aromatic N) is 2. The van der Waals surface area contributed by atoms with Crippen molar-refractivity contribution in [3.63, 3.8) is 0 Å². The van der Waals surface area contributed by atoms with Crippen molar-refractivity contribution in [3.8, 4) is 0 Å². The molecular formula is C11H10N2S. The lowest BCUT2D eigenvalue weighted by molar-refractivity contribution is 1.40. The summed E-state index contributed by atoms with van der Waals surface area (Å²) in [5.74, 6) is 0. The molecule has 0 aromatic carbocycles. The maximum absolute atomic E-state index is 4.27. The van der Waals surface area contributed by atoms with Crippen LogP contribution in [0.3, 0.4) is 0 Å². The van der Waals surface area contributed by atoms with Crippen LogP contribution < -0.4 is 0 Å². The van der Waals surface area contributed by atoms with E-state index >= 15 is 0 Å². The second-order valence-corrected chi connectivity index (χ2v) is 3.72. The Kier molecular flexibility index (Phi) is 2.41. The molecule has 0 aliphatic rings. The second-order valence-electron chi connectivity index (χ2n) is 2.81. The molecular weight excluding hydrogens is 192 g/mol. The molecule has 0 bridgehead atoms. The molecule has 2 nitrogen and oxygen atoms in total. The van der Waals surface area contributed by atoms with Crippen molar-refractivity contribution < 1.29 is 0 Å². The number of fused-ring (bicyclic) bond motifs is 1. The maximum atomic E-state index is 4.27. The average molecular weight is 202 g/mol. The molecule has 0 saturated heterocycles. The number of pyridine rings is 1. The number of aromatic nitrogens is 1. The van der Waals surface area contributed by atoms with E-state index in [9.17, 15) is 0 Å². The number of hydrogen-bond donors (Lipinski definition) is 0. The fraction of sp³-hybridized carbons (Fsp3) is 0.0909. The first-order valence-electron chi connectivity index (χ1n) is 4.28. The molecule has 2 heterocycles. The Morgan fingerprint density at radius 2 is 2.43 bits per heavy atom. The highest BCUT2D eigenvalue weighted by Crippen LogP contribution is 2.23. The molecule has 0 aliphatic heterocycles. The molecule has 0 atom stereocenters. The van der Waals surface area contributed by atoms with Gasteiger partial charge in [0.1, 0.15) is 0 Å². The quantitative estimate of drug-likeness (QED) is 0.687. The van der Waals surface area contributed by atoms with E-state index in [1.165, 1.54) is 4.70 Å². The fourth-order valence-electron chi connectivity index (χ4n) is 1.40. The maximum Gasteiger partial charge on any atom is 0.0816 e. The van der Waals surface area contributed by atoms with E-state index in [0.717, 1.165) is 16.8 Å². The Hall–Kier alpha value is -1.48. The van der Waals surface area contributed by atoms with E-state index < -0.39 is 0 Å². The van der Waals surface area contributed by atoms with Crippen LogP contribution in [0.4, 0.5) is 0 Å². The lowest BCUT2D eigenvalue weighted by atomic mass is 10.1. The van der Waals surface area contributed by atoms with E-state index in [2.05, 4.69) is 16.6 Å². The van der Waals surface area contributed by atoms with E-state index in [4.69, 9.17) is 0 Å². The predicted molar refractivity (Wildman–Crippen MR) is 62.3 cm³/mol. The van der Waals surface area contributed by atoms with Crippen molar-refractivity contribution in [2.24, 2.45) is 4.99 Å². The van der Waals surface area contributed by atoms with Crippen LogP contribution >= 0.6 is 11.3 Å². The van der Waals surface area contributed by atoms with Crippen LogP contribution in [0.15, 0.2) is 41.4 Å². The van der Waals surface area contributed by atoms with Crippen molar-refractivity contribution in [3.05, 3.63) is 41.9 Å². The minimum atomic E-state index is 0.917. The average Bonchev–Trinajstić information content (AvgIpc) is 2.68. The zero-order valence-corrected chi connectivity index (χ0v) is 8.71. The van der Waals surface area contributed by atoms with Crippen LogP contribution in [0, 0.1) is 0 Å². The number of hydrogen-bond acceptors (Lipinski definition) is 3. The van der Waals surface area contributed by atoms with Gasteiger partial charge < -0.3 is 0 Å². The Morgan fingerprint density at radius 3 is 3.14 bits per heavy atom. The Bertz CT molecular complexity index is 497. The first kappa shape index (κ1) is 9.09. The van der Waals surface area contributed by atoms with E-state index in [1.54, 1.807) is 30.7 Å². The molecule has 0 saturated carbocycles. The molecule has 3 heteroatoms. The SMILES string of the molecule is C=CC(=NC)c1ccnc2ccsc12. The topological polar surface area (TPSA) is 25.2 Å². The molecule has 0 unspecified atom stereocenters. The van der Waals surface area contributed by atoms with Gasteiger partial charge in [-0.1, -0.05) is 6.58 Å². The van der Waals surface area contributed by atoms with Crippen LogP contribution in [0.5, 0.6) is 0 Å². The molecule has 2 aromatic heterocycles. The third-order valence-corrected chi connectivity index (χ3v) is 2.99. The first-order chi connectivity index (χ1) is 6.86. The molecule has 0 N–H and O–H groups in total. The van der Waals surface area contributed by atoms with Crippen LogP contribution in [-0.4, -0.2) is 17.7 Å². The van der Waals surface area contributed by atoms with Crippen LogP contribution in [-0.2, 0) is 0 Å². The molecule has 0 aliphatic carbocycles. The van der Waals surface area contributed by atoms with Crippen LogP contribution in [0.25, 0.3) is 10.2 Å². The summed E-state index contributed by atoms with van der Waals surface area (Å²) in [6.07, 6.45) is 3.58. The van der Waals surface area contributed by atoms with Gasteiger partial charge >= 0.3 is 0 Å². The highest BCUT2D eigenvalue weighted by molar-refractivity contribution is 7.17. The third-order valence-electron chi connectivity index (χ3n) is 2.05. The van der Waals surface area contributed by atoms with Crippen molar-refractivity contribution in [1.29, 1.82) is 0 Å². The zero-order valence-electron chi connectivity index (χ0n) is 7.90. The summed E-state index contributed by atoms with van der Waals surface area (Å²) in [6, 6.07) is 3.99. The summed E-state index contributed by atoms with van der Waals surface area (Å²) >= 11 is 1.68. The van der Waals surface area contributed by atoms with Crippen molar-refractivity contribution in [2.75, 3.05) is 7.05 Å². The molecule has 0 spiro atoms. The summed E-state index contributed by atoms with van der Waals surface area (Å²) in [5, 5.41) is 2.04. The standard InChI is InChI=1S/C11H10N2S/c1-3-9(12-2)8-4-6-13-10-5-7-14-11(8)10/h3-7H,1H2,2H3. The summed E-state index contributed by atoms with van der Waals surface area (Å²) in [4.78, 5) is 8.46. The van der Waals surface area contributed by atoms with Gasteiger partial charge in [-0.3, -0.25) is 9.98 Å². The molecule has 0 radical (unpaired) electrons. The predicted octanol–water partition coefficient (Wildman–Crippen LogP) is 2.90. The fourth-order valence-corrected chi connectivity index (χ4v) is 2.27. The van der Waals surface area contributed by atoms with E-state index in [1.807, 2.05) is 17.5 Å². The van der Waals surface area contributed by atoms with Crippen molar-refractivity contribution >= 4 is 27.3 Å². The molecule has 2 aromatic rings. The highest BCUT2D eigenvalue weighted by atomic mass is 32.1. The minimum absolute atomic E-state index is 0.917. The van der Waals surface area contributed by atoms with Gasteiger partial charge in [-0.25, -0.2) is 0 Å². The lowest BCUT2D eigenvalue weighted by Gasteiger charge is -2.00. The highest BCUT2D eigenvalue weighted by Gasteiger charge is 2.05. The summed E-state index contributed by atoms with van der Waals surface area (Å²) in [5.41, 5.74) is 3.05. The normalized spacial score (nSPS) is 11.9. The Balaban J connectivity index is 2.73. The van der Waals surface area contributed by atoms with E-state index in [-0.39, 0.29) is 0 Å². The van der Waals surface area contributed by atoms with Crippen LogP contribution in [0.2, 0.25) is 0 Å². The van der Waals surface area contributed by atoms with Crippen LogP contribution in [0.1, 0.15) is 5.56 Å². The summed E-state index contributed by atoms with van der Waals surface area (Å²) < 4.78 is 1.17. The lowest BCUT2D eigenvalue weighted by Crippen LogP contribution is -1.96. The van der Waals surface area contributed by atoms with Gasteiger partial charge in [0.05, 0.1) is 15.9 Å². The van der Waals surface area contributed by atoms with E-state index in [0.29, 0.717) is 0 Å². The van der Waals surface area contributed by atoms with Gasteiger partial charge in [0.2, 0.25) is 0 Å². The number of rotatable bonds is 2. The monoisotopic (exact) mass is 202 g/mol. The number of allylic oxidation sites excluding steroid dienone is 1. The van der Waals surface area contributed by atoms with Gasteiger partial charge in [0.15, 0.2) is 0 Å². The molecule has 0 fully saturated rings. The first-order valence-corrected chi connectivity index (χ1v) is 5.16. The Morgan fingerprint density at radius 1 is 1.57 bits per heavy atom.